The predicted molar refractivity (Wildman–Crippen MR) is 55.7 cm³/mol. The Morgan fingerprint density at radius 2 is 2.31 bits per heavy atom. The van der Waals surface area contributed by atoms with Crippen LogP contribution in [-0.4, -0.2) is 24.3 Å². The largest absolute Gasteiger partial charge is 0.481 e. The molecule has 1 aromatic rings. The molecule has 0 amide bonds. The number of rotatable bonds is 2. The summed E-state index contributed by atoms with van der Waals surface area (Å²) in [6.45, 7) is 0.738. The second kappa shape index (κ2) is 4.61. The van der Waals surface area contributed by atoms with Crippen LogP contribution in [-0.2, 0) is 9.53 Å². The van der Waals surface area contributed by atoms with Gasteiger partial charge in [0.15, 0.2) is 0 Å². The molecule has 1 heterocycles. The maximum Gasteiger partial charge on any atom is 0.309 e. The molecule has 1 aliphatic heterocycles. The molecule has 0 radical (unpaired) electrons. The van der Waals surface area contributed by atoms with Crippen molar-refractivity contribution in [2.24, 2.45) is 5.92 Å². The van der Waals surface area contributed by atoms with Gasteiger partial charge < -0.3 is 9.84 Å². The maximum absolute atomic E-state index is 13.1. The van der Waals surface area contributed by atoms with Crippen LogP contribution < -0.4 is 0 Å². The van der Waals surface area contributed by atoms with Gasteiger partial charge in [0.1, 0.15) is 5.82 Å². The van der Waals surface area contributed by atoms with Gasteiger partial charge in [0.05, 0.1) is 12.5 Å². The van der Waals surface area contributed by atoms with E-state index >= 15 is 0 Å². The zero-order chi connectivity index (χ0) is 11.5. The van der Waals surface area contributed by atoms with Crippen LogP contribution in [0.3, 0.4) is 0 Å². The van der Waals surface area contributed by atoms with E-state index < -0.39 is 11.9 Å². The number of hydrogen-bond acceptors (Lipinski definition) is 2. The van der Waals surface area contributed by atoms with E-state index in [0.29, 0.717) is 13.0 Å². The van der Waals surface area contributed by atoms with E-state index in [2.05, 4.69) is 0 Å². The zero-order valence-electron chi connectivity index (χ0n) is 8.73. The highest BCUT2D eigenvalue weighted by Gasteiger charge is 2.32. The van der Waals surface area contributed by atoms with Crippen molar-refractivity contribution in [1.82, 2.24) is 0 Å². The van der Waals surface area contributed by atoms with E-state index in [4.69, 9.17) is 9.84 Å². The van der Waals surface area contributed by atoms with Crippen LogP contribution in [0.1, 0.15) is 17.9 Å². The number of aliphatic carboxylic acids is 1. The molecule has 0 aliphatic carbocycles. The fourth-order valence-electron chi connectivity index (χ4n) is 2.12. The molecule has 2 atom stereocenters. The fraction of sp³-hybridized carbons (Fsp3) is 0.417. The molecule has 16 heavy (non-hydrogen) atoms. The first kappa shape index (κ1) is 11.1. The lowest BCUT2D eigenvalue weighted by atomic mass is 9.83. The van der Waals surface area contributed by atoms with Crippen molar-refractivity contribution in [2.75, 3.05) is 13.2 Å². The number of carboxylic acids is 1. The van der Waals surface area contributed by atoms with E-state index in [1.54, 1.807) is 12.1 Å². The minimum atomic E-state index is -0.881. The first-order valence-electron chi connectivity index (χ1n) is 5.24. The van der Waals surface area contributed by atoms with Gasteiger partial charge in [0.25, 0.3) is 0 Å². The normalized spacial score (nSPS) is 25.3. The fourth-order valence-corrected chi connectivity index (χ4v) is 2.12. The van der Waals surface area contributed by atoms with Crippen molar-refractivity contribution in [1.29, 1.82) is 0 Å². The van der Waals surface area contributed by atoms with Crippen LogP contribution in [0.2, 0.25) is 0 Å². The standard InChI is InChI=1S/C12H13FO3/c13-9-3-1-2-8(6-9)10-4-5-16-7-11(10)12(14)15/h1-3,6,10-11H,4-5,7H2,(H,14,15)/t10-,11-/m0/s1. The molecule has 1 saturated heterocycles. The van der Waals surface area contributed by atoms with Crippen LogP contribution in [0.25, 0.3) is 0 Å². The summed E-state index contributed by atoms with van der Waals surface area (Å²) < 4.78 is 18.2. The SMILES string of the molecule is O=C(O)[C@H]1COCC[C@H]1c1cccc(F)c1. The van der Waals surface area contributed by atoms with Crippen LogP contribution in [0.15, 0.2) is 24.3 Å². The minimum absolute atomic E-state index is 0.151. The number of carbonyl (C=O) groups is 1. The second-order valence-electron chi connectivity index (χ2n) is 3.97. The van der Waals surface area contributed by atoms with Crippen LogP contribution in [0.4, 0.5) is 4.39 Å². The van der Waals surface area contributed by atoms with E-state index in [0.717, 1.165) is 5.56 Å². The third kappa shape index (κ3) is 2.22. The van der Waals surface area contributed by atoms with Gasteiger partial charge in [-0.05, 0) is 24.1 Å². The Morgan fingerprint density at radius 1 is 1.50 bits per heavy atom. The number of carboxylic acid groups (broad SMARTS) is 1. The number of hydrogen-bond donors (Lipinski definition) is 1. The first-order valence-corrected chi connectivity index (χ1v) is 5.24. The summed E-state index contributed by atoms with van der Waals surface area (Å²) >= 11 is 0. The highest BCUT2D eigenvalue weighted by atomic mass is 19.1. The van der Waals surface area contributed by atoms with E-state index in [9.17, 15) is 9.18 Å². The van der Waals surface area contributed by atoms with Gasteiger partial charge in [-0.1, -0.05) is 12.1 Å². The molecule has 86 valence electrons. The van der Waals surface area contributed by atoms with Crippen molar-refractivity contribution < 1.29 is 19.0 Å². The molecule has 3 nitrogen and oxygen atoms in total. The summed E-state index contributed by atoms with van der Waals surface area (Å²) in [5, 5.41) is 9.07. The van der Waals surface area contributed by atoms with E-state index in [1.807, 2.05) is 0 Å². The van der Waals surface area contributed by atoms with Crippen molar-refractivity contribution >= 4 is 5.97 Å². The smallest absolute Gasteiger partial charge is 0.309 e. The summed E-state index contributed by atoms with van der Waals surface area (Å²) in [6, 6.07) is 6.15. The first-order chi connectivity index (χ1) is 7.68. The highest BCUT2D eigenvalue weighted by Crippen LogP contribution is 2.32. The van der Waals surface area contributed by atoms with Crippen LogP contribution in [0.5, 0.6) is 0 Å². The predicted octanol–water partition coefficient (Wildman–Crippen LogP) is 2.03. The molecule has 1 fully saturated rings. The highest BCUT2D eigenvalue weighted by molar-refractivity contribution is 5.71. The lowest BCUT2D eigenvalue weighted by Crippen LogP contribution is -2.32. The zero-order valence-corrected chi connectivity index (χ0v) is 8.73. The van der Waals surface area contributed by atoms with Crippen molar-refractivity contribution in [3.05, 3.63) is 35.6 Å². The van der Waals surface area contributed by atoms with Gasteiger partial charge in [-0.3, -0.25) is 4.79 Å². The Morgan fingerprint density at radius 3 is 3.00 bits per heavy atom. The number of halogens is 1. The van der Waals surface area contributed by atoms with Crippen LogP contribution >= 0.6 is 0 Å². The Kier molecular flexibility index (Phi) is 3.19. The molecular formula is C12H13FO3. The Balaban J connectivity index is 2.26. The third-order valence-corrected chi connectivity index (χ3v) is 2.95. The summed E-state index contributed by atoms with van der Waals surface area (Å²) in [4.78, 5) is 11.0. The number of benzene rings is 1. The lowest BCUT2D eigenvalue weighted by Gasteiger charge is -2.28. The molecule has 4 heteroatoms. The Hall–Kier alpha value is -1.42. The lowest BCUT2D eigenvalue weighted by molar-refractivity contribution is -0.147. The van der Waals surface area contributed by atoms with Gasteiger partial charge in [-0.2, -0.15) is 0 Å². The third-order valence-electron chi connectivity index (χ3n) is 2.95. The quantitative estimate of drug-likeness (QED) is 0.836. The minimum Gasteiger partial charge on any atom is -0.481 e. The van der Waals surface area contributed by atoms with E-state index in [-0.39, 0.29) is 18.3 Å². The Bertz CT molecular complexity index is 392. The van der Waals surface area contributed by atoms with Gasteiger partial charge in [0.2, 0.25) is 0 Å². The van der Waals surface area contributed by atoms with Gasteiger partial charge in [0, 0.05) is 12.5 Å². The topological polar surface area (TPSA) is 46.5 Å². The summed E-state index contributed by atoms with van der Waals surface area (Å²) in [5.74, 6) is -1.93. The van der Waals surface area contributed by atoms with Crippen molar-refractivity contribution in [3.8, 4) is 0 Å². The summed E-state index contributed by atoms with van der Waals surface area (Å²) in [6.07, 6.45) is 0.625. The maximum atomic E-state index is 13.1. The molecule has 0 saturated carbocycles. The van der Waals surface area contributed by atoms with Crippen molar-refractivity contribution in [3.63, 3.8) is 0 Å². The van der Waals surface area contributed by atoms with Crippen molar-refractivity contribution in [2.45, 2.75) is 12.3 Å². The molecule has 1 N–H and O–H groups in total. The summed E-state index contributed by atoms with van der Waals surface area (Å²) in [7, 11) is 0. The molecular weight excluding hydrogens is 211 g/mol. The van der Waals surface area contributed by atoms with Gasteiger partial charge in [-0.25, -0.2) is 4.39 Å². The molecule has 0 bridgehead atoms. The molecule has 2 rings (SSSR count). The molecule has 0 unspecified atom stereocenters. The Labute approximate surface area is 92.9 Å². The molecule has 0 spiro atoms. The number of ether oxygens (including phenoxy) is 1. The van der Waals surface area contributed by atoms with Gasteiger partial charge in [-0.15, -0.1) is 0 Å². The average Bonchev–Trinajstić information content (AvgIpc) is 2.29. The van der Waals surface area contributed by atoms with E-state index in [1.165, 1.54) is 12.1 Å². The summed E-state index contributed by atoms with van der Waals surface area (Å²) in [5.41, 5.74) is 0.746. The monoisotopic (exact) mass is 224 g/mol. The van der Waals surface area contributed by atoms with Crippen LogP contribution in [0, 0.1) is 11.7 Å². The van der Waals surface area contributed by atoms with Gasteiger partial charge >= 0.3 is 5.97 Å². The molecule has 1 aliphatic rings. The average molecular weight is 224 g/mol. The molecule has 0 aromatic heterocycles. The second-order valence-corrected chi connectivity index (χ2v) is 3.97. The molecule has 1 aromatic carbocycles.